The molecule has 1 heterocycles. The molecule has 0 saturated carbocycles. The number of thiazole rings is 1. The van der Waals surface area contributed by atoms with Crippen LogP contribution in [-0.4, -0.2) is 23.0 Å². The van der Waals surface area contributed by atoms with E-state index >= 15 is 0 Å². The SMILES string of the molecule is CC(C)CC(C)(CN)NC(=O)c1cnc(-c2ccccc2F)s1. The minimum absolute atomic E-state index is 0.223. The third-order valence-corrected chi connectivity index (χ3v) is 4.59. The van der Waals surface area contributed by atoms with E-state index in [1.54, 1.807) is 18.2 Å². The molecule has 0 fully saturated rings. The van der Waals surface area contributed by atoms with Crippen LogP contribution in [0.15, 0.2) is 30.5 Å². The van der Waals surface area contributed by atoms with Gasteiger partial charge in [0, 0.05) is 12.1 Å². The topological polar surface area (TPSA) is 68.0 Å². The summed E-state index contributed by atoms with van der Waals surface area (Å²) in [7, 11) is 0. The molecule has 1 aromatic carbocycles. The van der Waals surface area contributed by atoms with Gasteiger partial charge in [0.2, 0.25) is 0 Å². The van der Waals surface area contributed by atoms with E-state index < -0.39 is 5.54 Å². The summed E-state index contributed by atoms with van der Waals surface area (Å²) in [6.45, 7) is 6.46. The molecule has 23 heavy (non-hydrogen) atoms. The molecular weight excluding hydrogens is 313 g/mol. The van der Waals surface area contributed by atoms with Gasteiger partial charge >= 0.3 is 0 Å². The maximum atomic E-state index is 13.8. The van der Waals surface area contributed by atoms with Crippen LogP contribution in [0.25, 0.3) is 10.6 Å². The van der Waals surface area contributed by atoms with Gasteiger partial charge in [-0.05, 0) is 31.4 Å². The first-order chi connectivity index (χ1) is 10.8. The first kappa shape index (κ1) is 17.6. The number of nitrogens with zero attached hydrogens (tertiary/aromatic N) is 1. The zero-order valence-corrected chi connectivity index (χ0v) is 14.4. The number of rotatable bonds is 6. The van der Waals surface area contributed by atoms with Crippen LogP contribution in [-0.2, 0) is 0 Å². The fraction of sp³-hybridized carbons (Fsp3) is 0.412. The highest BCUT2D eigenvalue weighted by molar-refractivity contribution is 7.16. The van der Waals surface area contributed by atoms with Crippen molar-refractivity contribution in [3.05, 3.63) is 41.2 Å². The van der Waals surface area contributed by atoms with Crippen LogP contribution in [0.1, 0.15) is 36.9 Å². The number of hydrogen-bond acceptors (Lipinski definition) is 4. The van der Waals surface area contributed by atoms with E-state index in [1.165, 1.54) is 23.6 Å². The number of amides is 1. The van der Waals surface area contributed by atoms with Gasteiger partial charge in [-0.1, -0.05) is 26.0 Å². The number of carbonyl (C=O) groups excluding carboxylic acids is 1. The van der Waals surface area contributed by atoms with Crippen LogP contribution in [0.5, 0.6) is 0 Å². The second kappa shape index (κ2) is 7.19. The summed E-state index contributed by atoms with van der Waals surface area (Å²) >= 11 is 1.17. The Bertz CT molecular complexity index is 686. The standard InChI is InChI=1S/C17H22FN3OS/c1-11(2)8-17(3,10-19)21-15(22)14-9-20-16(23-14)12-6-4-5-7-13(12)18/h4-7,9,11H,8,10,19H2,1-3H3,(H,21,22). The Balaban J connectivity index is 2.17. The van der Waals surface area contributed by atoms with E-state index in [9.17, 15) is 9.18 Å². The first-order valence-electron chi connectivity index (χ1n) is 7.58. The van der Waals surface area contributed by atoms with E-state index in [1.807, 2.05) is 6.92 Å². The molecule has 0 aliphatic rings. The average molecular weight is 335 g/mol. The fourth-order valence-corrected chi connectivity index (χ4v) is 3.40. The third-order valence-electron chi connectivity index (χ3n) is 3.56. The monoisotopic (exact) mass is 335 g/mol. The summed E-state index contributed by atoms with van der Waals surface area (Å²) < 4.78 is 13.8. The average Bonchev–Trinajstić information content (AvgIpc) is 2.96. The van der Waals surface area contributed by atoms with Gasteiger partial charge < -0.3 is 11.1 Å². The van der Waals surface area contributed by atoms with Crippen molar-refractivity contribution < 1.29 is 9.18 Å². The molecule has 2 rings (SSSR count). The minimum Gasteiger partial charge on any atom is -0.345 e. The molecule has 1 unspecified atom stereocenters. The Hall–Kier alpha value is -1.79. The van der Waals surface area contributed by atoms with Gasteiger partial charge in [0.15, 0.2) is 0 Å². The summed E-state index contributed by atoms with van der Waals surface area (Å²) in [5.41, 5.74) is 5.76. The maximum Gasteiger partial charge on any atom is 0.263 e. The Morgan fingerprint density at radius 2 is 2.13 bits per heavy atom. The van der Waals surface area contributed by atoms with Crippen LogP contribution < -0.4 is 11.1 Å². The van der Waals surface area contributed by atoms with Crippen molar-refractivity contribution in [2.24, 2.45) is 11.7 Å². The van der Waals surface area contributed by atoms with Crippen LogP contribution >= 0.6 is 11.3 Å². The molecule has 0 bridgehead atoms. The minimum atomic E-state index is -0.465. The molecular formula is C17H22FN3OS. The van der Waals surface area contributed by atoms with Crippen LogP contribution in [0, 0.1) is 11.7 Å². The zero-order chi connectivity index (χ0) is 17.0. The van der Waals surface area contributed by atoms with E-state index in [4.69, 9.17) is 5.73 Å². The van der Waals surface area contributed by atoms with Gasteiger partial charge in [-0.25, -0.2) is 9.37 Å². The lowest BCUT2D eigenvalue weighted by molar-refractivity contribution is 0.0902. The molecule has 0 aliphatic carbocycles. The van der Waals surface area contributed by atoms with Gasteiger partial charge in [-0.3, -0.25) is 4.79 Å². The van der Waals surface area contributed by atoms with Gasteiger partial charge in [-0.2, -0.15) is 0 Å². The van der Waals surface area contributed by atoms with E-state index in [-0.39, 0.29) is 11.7 Å². The number of nitrogens with two attached hydrogens (primary N) is 1. The van der Waals surface area contributed by atoms with Crippen molar-refractivity contribution in [3.8, 4) is 10.6 Å². The molecule has 1 aromatic heterocycles. The lowest BCUT2D eigenvalue weighted by Gasteiger charge is -2.30. The summed E-state index contributed by atoms with van der Waals surface area (Å²) in [5.74, 6) is -0.154. The Morgan fingerprint density at radius 3 is 2.74 bits per heavy atom. The summed E-state index contributed by atoms with van der Waals surface area (Å²) in [5, 5.41) is 3.48. The zero-order valence-electron chi connectivity index (χ0n) is 13.6. The van der Waals surface area contributed by atoms with Crippen molar-refractivity contribution in [2.45, 2.75) is 32.7 Å². The molecule has 124 valence electrons. The highest BCUT2D eigenvalue weighted by atomic mass is 32.1. The number of benzene rings is 1. The van der Waals surface area contributed by atoms with Crippen molar-refractivity contribution in [1.29, 1.82) is 0 Å². The lowest BCUT2D eigenvalue weighted by atomic mass is 9.90. The Morgan fingerprint density at radius 1 is 1.43 bits per heavy atom. The quantitative estimate of drug-likeness (QED) is 0.849. The molecule has 0 saturated heterocycles. The summed E-state index contributed by atoms with van der Waals surface area (Å²) in [6, 6.07) is 6.40. The number of halogens is 1. The van der Waals surface area contributed by atoms with E-state index in [0.717, 1.165) is 6.42 Å². The Labute approximate surface area is 139 Å². The number of hydrogen-bond donors (Lipinski definition) is 2. The maximum absolute atomic E-state index is 13.8. The summed E-state index contributed by atoms with van der Waals surface area (Å²) in [4.78, 5) is 17.1. The normalized spacial score (nSPS) is 13.8. The number of carbonyl (C=O) groups is 1. The van der Waals surface area contributed by atoms with Crippen LogP contribution in [0.3, 0.4) is 0 Å². The highest BCUT2D eigenvalue weighted by Gasteiger charge is 2.27. The van der Waals surface area contributed by atoms with Crippen LogP contribution in [0.4, 0.5) is 4.39 Å². The first-order valence-corrected chi connectivity index (χ1v) is 8.39. The molecule has 6 heteroatoms. The fourth-order valence-electron chi connectivity index (χ4n) is 2.56. The summed E-state index contributed by atoms with van der Waals surface area (Å²) in [6.07, 6.45) is 2.27. The van der Waals surface area contributed by atoms with Crippen molar-refractivity contribution >= 4 is 17.2 Å². The smallest absolute Gasteiger partial charge is 0.263 e. The molecule has 2 aromatic rings. The predicted molar refractivity (Wildman–Crippen MR) is 91.9 cm³/mol. The van der Waals surface area contributed by atoms with Crippen LogP contribution in [0.2, 0.25) is 0 Å². The molecule has 0 spiro atoms. The Kier molecular flexibility index (Phi) is 5.49. The second-order valence-electron chi connectivity index (χ2n) is 6.33. The third kappa shape index (κ3) is 4.36. The molecule has 1 atom stereocenters. The van der Waals surface area contributed by atoms with Gasteiger partial charge in [0.25, 0.3) is 5.91 Å². The van der Waals surface area contributed by atoms with Crippen molar-refractivity contribution in [1.82, 2.24) is 10.3 Å². The molecule has 0 radical (unpaired) electrons. The molecule has 1 amide bonds. The highest BCUT2D eigenvalue weighted by Crippen LogP contribution is 2.27. The van der Waals surface area contributed by atoms with E-state index in [2.05, 4.69) is 24.1 Å². The molecule has 4 nitrogen and oxygen atoms in total. The number of nitrogens with one attached hydrogen (secondary N) is 1. The molecule has 0 aliphatic heterocycles. The van der Waals surface area contributed by atoms with Crippen molar-refractivity contribution in [2.75, 3.05) is 6.54 Å². The van der Waals surface area contributed by atoms with Gasteiger partial charge in [-0.15, -0.1) is 11.3 Å². The largest absolute Gasteiger partial charge is 0.345 e. The van der Waals surface area contributed by atoms with Gasteiger partial charge in [0.05, 0.1) is 11.7 Å². The van der Waals surface area contributed by atoms with Gasteiger partial charge in [0.1, 0.15) is 15.7 Å². The van der Waals surface area contributed by atoms with E-state index in [0.29, 0.717) is 27.9 Å². The second-order valence-corrected chi connectivity index (χ2v) is 7.36. The number of aromatic nitrogens is 1. The lowest BCUT2D eigenvalue weighted by Crippen LogP contribution is -2.52. The van der Waals surface area contributed by atoms with Crippen molar-refractivity contribution in [3.63, 3.8) is 0 Å². The predicted octanol–water partition coefficient (Wildman–Crippen LogP) is 3.44. The molecule has 3 N–H and O–H groups in total.